The normalized spacial score (nSPS) is 13.1. The van der Waals surface area contributed by atoms with E-state index in [-0.39, 0.29) is 18.4 Å². The lowest BCUT2D eigenvalue weighted by Gasteiger charge is -2.21. The largest absolute Gasteiger partial charge is 0.464 e. The Morgan fingerprint density at radius 1 is 0.760 bits per heavy atom. The molecule has 0 aromatic heterocycles. The molecule has 50 heavy (non-hydrogen) atoms. The summed E-state index contributed by atoms with van der Waals surface area (Å²) in [7, 11) is -1.38. The summed E-state index contributed by atoms with van der Waals surface area (Å²) in [6.45, 7) is 10.0. The van der Waals surface area contributed by atoms with E-state index in [0.29, 0.717) is 38.8 Å². The Morgan fingerprint density at radius 3 is 1.98 bits per heavy atom. The summed E-state index contributed by atoms with van der Waals surface area (Å²) in [6.07, 6.45) is 19.6. The summed E-state index contributed by atoms with van der Waals surface area (Å²) in [5.74, 6) is -0.415. The number of fused-ring (bicyclic) bond motifs is 3. The SMILES string of the molecule is CCCCCCCC=CCCCCCCC(=O)NCCCCC(NC(=O)OCC1c2ccccc2-c2ccccc21)C(=O)OCC[Si](C)(C)C. The fourth-order valence-corrected chi connectivity index (χ4v) is 7.10. The number of carbonyl (C=O) groups excluding carboxylic acids is 3. The maximum absolute atomic E-state index is 13.1. The van der Waals surface area contributed by atoms with Crippen molar-refractivity contribution in [3.05, 3.63) is 71.8 Å². The van der Waals surface area contributed by atoms with Gasteiger partial charge < -0.3 is 20.1 Å². The van der Waals surface area contributed by atoms with Gasteiger partial charge in [0, 0.05) is 27.0 Å². The van der Waals surface area contributed by atoms with E-state index >= 15 is 0 Å². The summed E-state index contributed by atoms with van der Waals surface area (Å²) in [6, 6.07) is 16.5. The molecule has 0 aliphatic heterocycles. The van der Waals surface area contributed by atoms with Crippen LogP contribution < -0.4 is 10.6 Å². The molecule has 3 rings (SSSR count). The van der Waals surface area contributed by atoms with E-state index in [2.05, 4.69) is 73.6 Å². The molecule has 0 spiro atoms. The second kappa shape index (κ2) is 23.2. The van der Waals surface area contributed by atoms with E-state index < -0.39 is 26.2 Å². The minimum Gasteiger partial charge on any atom is -0.464 e. The molecule has 1 aliphatic carbocycles. The van der Waals surface area contributed by atoms with Gasteiger partial charge in [-0.25, -0.2) is 9.59 Å². The highest BCUT2D eigenvalue weighted by molar-refractivity contribution is 6.76. The maximum Gasteiger partial charge on any atom is 0.407 e. The lowest BCUT2D eigenvalue weighted by atomic mass is 9.98. The molecule has 0 saturated carbocycles. The number of amides is 2. The van der Waals surface area contributed by atoms with Crippen molar-refractivity contribution in [3.63, 3.8) is 0 Å². The number of unbranched alkanes of at least 4 members (excludes halogenated alkanes) is 10. The topological polar surface area (TPSA) is 93.7 Å². The molecule has 276 valence electrons. The van der Waals surface area contributed by atoms with Gasteiger partial charge in [-0.15, -0.1) is 0 Å². The zero-order chi connectivity index (χ0) is 36.0. The second-order valence-electron chi connectivity index (χ2n) is 15.0. The maximum atomic E-state index is 13.1. The van der Waals surface area contributed by atoms with E-state index in [1.165, 1.54) is 44.9 Å². The van der Waals surface area contributed by atoms with Gasteiger partial charge in [-0.3, -0.25) is 4.79 Å². The van der Waals surface area contributed by atoms with Gasteiger partial charge in [-0.1, -0.05) is 126 Å². The van der Waals surface area contributed by atoms with Gasteiger partial charge in [0.1, 0.15) is 12.6 Å². The van der Waals surface area contributed by atoms with Crippen molar-refractivity contribution in [2.75, 3.05) is 19.8 Å². The van der Waals surface area contributed by atoms with Crippen LogP contribution in [0.4, 0.5) is 4.79 Å². The molecular weight excluding hydrogens is 641 g/mol. The Morgan fingerprint density at radius 2 is 1.36 bits per heavy atom. The van der Waals surface area contributed by atoms with E-state index in [1.807, 2.05) is 24.3 Å². The molecule has 0 bridgehead atoms. The minimum absolute atomic E-state index is 0.0595. The van der Waals surface area contributed by atoms with Crippen LogP contribution in [0.1, 0.15) is 120 Å². The Hall–Kier alpha value is -3.39. The predicted molar refractivity (Wildman–Crippen MR) is 208 cm³/mol. The van der Waals surface area contributed by atoms with Gasteiger partial charge >= 0.3 is 12.1 Å². The highest BCUT2D eigenvalue weighted by Gasteiger charge is 2.30. The Balaban J connectivity index is 1.34. The average molecular weight is 705 g/mol. The van der Waals surface area contributed by atoms with Crippen molar-refractivity contribution >= 4 is 26.0 Å². The van der Waals surface area contributed by atoms with Gasteiger partial charge in [0.15, 0.2) is 0 Å². The number of hydrogen-bond donors (Lipinski definition) is 2. The molecule has 1 atom stereocenters. The number of alkyl carbamates (subject to hydrolysis) is 1. The van der Waals surface area contributed by atoms with Crippen LogP contribution >= 0.6 is 0 Å². The number of hydrogen-bond acceptors (Lipinski definition) is 5. The summed E-state index contributed by atoms with van der Waals surface area (Å²) >= 11 is 0. The molecule has 2 aromatic carbocycles. The molecule has 0 radical (unpaired) electrons. The Kier molecular flexibility index (Phi) is 19.0. The molecule has 0 heterocycles. The van der Waals surface area contributed by atoms with Gasteiger partial charge in [-0.05, 0) is 79.7 Å². The van der Waals surface area contributed by atoms with Gasteiger partial charge in [0.2, 0.25) is 5.91 Å². The highest BCUT2D eigenvalue weighted by Crippen LogP contribution is 2.44. The molecule has 0 saturated heterocycles. The first-order chi connectivity index (χ1) is 24.2. The van der Waals surface area contributed by atoms with Crippen LogP contribution in [0.25, 0.3) is 11.1 Å². The molecule has 7 nitrogen and oxygen atoms in total. The molecule has 1 unspecified atom stereocenters. The molecule has 0 fully saturated rings. The van der Waals surface area contributed by atoms with E-state index in [0.717, 1.165) is 54.0 Å². The fourth-order valence-electron chi connectivity index (χ4n) is 6.38. The van der Waals surface area contributed by atoms with Crippen molar-refractivity contribution in [2.24, 2.45) is 0 Å². The van der Waals surface area contributed by atoms with Crippen molar-refractivity contribution in [2.45, 2.75) is 141 Å². The third-order valence-corrected chi connectivity index (χ3v) is 11.1. The third-order valence-electron chi connectivity index (χ3n) is 9.42. The van der Waals surface area contributed by atoms with Crippen molar-refractivity contribution in [1.29, 1.82) is 0 Å². The highest BCUT2D eigenvalue weighted by atomic mass is 28.3. The minimum atomic E-state index is -1.38. The molecule has 2 aromatic rings. The first-order valence-electron chi connectivity index (χ1n) is 19.4. The number of rotatable bonds is 25. The Labute approximate surface area is 303 Å². The third kappa shape index (κ3) is 15.7. The lowest BCUT2D eigenvalue weighted by molar-refractivity contribution is -0.145. The lowest BCUT2D eigenvalue weighted by Crippen LogP contribution is -2.43. The number of carbonyl (C=O) groups is 3. The standard InChI is InChI=1S/C42H64N2O5Si/c1-5-6-7-8-9-10-11-12-13-14-15-16-17-29-40(45)43-30-23-22-28-39(41(46)48-31-32-50(2,3)4)44-42(47)49-33-38-36-26-20-18-24-34(36)35-25-19-21-27-37(35)38/h11-12,18-21,24-27,38-39H,5-10,13-17,22-23,28-33H2,1-4H3,(H,43,45)(H,44,47). The predicted octanol–water partition coefficient (Wildman–Crippen LogP) is 10.3. The van der Waals surface area contributed by atoms with E-state index in [4.69, 9.17) is 9.47 Å². The Bertz CT molecular complexity index is 1290. The zero-order valence-corrected chi connectivity index (χ0v) is 32.4. The zero-order valence-electron chi connectivity index (χ0n) is 31.4. The van der Waals surface area contributed by atoms with Crippen molar-refractivity contribution in [3.8, 4) is 11.1 Å². The van der Waals surface area contributed by atoms with Gasteiger partial charge in [0.25, 0.3) is 0 Å². The molecule has 2 N–H and O–H groups in total. The second-order valence-corrected chi connectivity index (χ2v) is 20.6. The number of benzene rings is 2. The van der Waals surface area contributed by atoms with Crippen molar-refractivity contribution < 1.29 is 23.9 Å². The number of ether oxygens (including phenoxy) is 2. The summed E-state index contributed by atoms with van der Waals surface area (Å²) in [5, 5.41) is 5.80. The molecule has 1 aliphatic rings. The monoisotopic (exact) mass is 704 g/mol. The smallest absolute Gasteiger partial charge is 0.407 e. The van der Waals surface area contributed by atoms with Crippen LogP contribution in [-0.4, -0.2) is 51.8 Å². The first-order valence-corrected chi connectivity index (χ1v) is 23.1. The summed E-state index contributed by atoms with van der Waals surface area (Å²) < 4.78 is 11.3. The van der Waals surface area contributed by atoms with Crippen LogP contribution in [0.15, 0.2) is 60.7 Å². The van der Waals surface area contributed by atoms with Crippen LogP contribution in [-0.2, 0) is 19.1 Å². The van der Waals surface area contributed by atoms with Crippen LogP contribution in [0.2, 0.25) is 25.7 Å². The van der Waals surface area contributed by atoms with E-state index in [9.17, 15) is 14.4 Å². The number of nitrogens with one attached hydrogen (secondary N) is 2. The van der Waals surface area contributed by atoms with Gasteiger partial charge in [0.05, 0.1) is 6.61 Å². The van der Waals surface area contributed by atoms with Crippen molar-refractivity contribution in [1.82, 2.24) is 10.6 Å². The molecular formula is C42H64N2O5Si. The number of allylic oxidation sites excluding steroid dienone is 2. The summed E-state index contributed by atoms with van der Waals surface area (Å²) in [5.41, 5.74) is 4.60. The quantitative estimate of drug-likeness (QED) is 0.0464. The first kappa shape index (κ1) is 41.0. The van der Waals surface area contributed by atoms with Gasteiger partial charge in [-0.2, -0.15) is 0 Å². The van der Waals surface area contributed by atoms with Crippen LogP contribution in [0, 0.1) is 0 Å². The van der Waals surface area contributed by atoms with Crippen LogP contribution in [0.3, 0.4) is 0 Å². The number of esters is 1. The summed E-state index contributed by atoms with van der Waals surface area (Å²) in [4.78, 5) is 38.5. The fraction of sp³-hybridized carbons (Fsp3) is 0.595. The van der Waals surface area contributed by atoms with Crippen LogP contribution in [0.5, 0.6) is 0 Å². The molecule has 2 amide bonds. The van der Waals surface area contributed by atoms with E-state index in [1.54, 1.807) is 0 Å². The molecule has 8 heteroatoms. The average Bonchev–Trinajstić information content (AvgIpc) is 3.41.